The molecule has 0 N–H and O–H groups in total. The van der Waals surface area contributed by atoms with Crippen molar-refractivity contribution in [3.8, 4) is 0 Å². The molecule has 1 saturated carbocycles. The Balaban J connectivity index is 3.31. The van der Waals surface area contributed by atoms with Crippen LogP contribution in [-0.2, 0) is 23.4 Å². The highest BCUT2D eigenvalue weighted by atomic mass is 28.4. The van der Waals surface area contributed by atoms with E-state index in [-0.39, 0.29) is 17.6 Å². The molecule has 2 amide bonds. The van der Waals surface area contributed by atoms with Gasteiger partial charge in [0.1, 0.15) is 17.3 Å². The lowest BCUT2D eigenvalue weighted by Crippen LogP contribution is -2.60. The van der Waals surface area contributed by atoms with Crippen LogP contribution in [0.4, 0.5) is 9.59 Å². The number of esters is 1. The Morgan fingerprint density at radius 2 is 1.25 bits per heavy atom. The Morgan fingerprint density at radius 3 is 1.64 bits per heavy atom. The van der Waals surface area contributed by atoms with E-state index >= 15 is 0 Å². The fraction of sp³-hybridized carbons (Fsp3) is 0.889. The molecule has 1 rings (SSSR count). The van der Waals surface area contributed by atoms with E-state index in [4.69, 9.17) is 18.6 Å². The van der Waals surface area contributed by atoms with Crippen LogP contribution in [0.3, 0.4) is 0 Å². The Bertz CT molecular complexity index is 742. The fourth-order valence-corrected chi connectivity index (χ4v) is 4.73. The maximum atomic E-state index is 13.6. The molecule has 1 aliphatic carbocycles. The van der Waals surface area contributed by atoms with E-state index in [1.54, 1.807) is 48.5 Å². The summed E-state index contributed by atoms with van der Waals surface area (Å²) in [6.07, 6.45) is 2.02. The molecule has 0 aromatic carbocycles. The highest BCUT2D eigenvalue weighted by Gasteiger charge is 2.51. The number of ether oxygens (including phenoxy) is 3. The van der Waals surface area contributed by atoms with E-state index < -0.39 is 43.2 Å². The second-order valence-electron chi connectivity index (χ2n) is 13.6. The summed E-state index contributed by atoms with van der Waals surface area (Å²) in [6.45, 7) is 23.0. The van der Waals surface area contributed by atoms with Crippen molar-refractivity contribution in [3.05, 3.63) is 0 Å². The fourth-order valence-electron chi connectivity index (χ4n) is 3.64. The summed E-state index contributed by atoms with van der Waals surface area (Å²) in [5, 5.41) is 0.0385. The first-order valence-corrected chi connectivity index (χ1v) is 16.1. The van der Waals surface area contributed by atoms with Gasteiger partial charge in [0.15, 0.2) is 13.9 Å². The number of hydrogen-bond acceptors (Lipinski definition) is 7. The SMILES string of the molecule is CC(C)(C)OC(=O)N(C(=O)OC(C)(C)C)[C@@](C)(CCCO[Si](C)(C)C(C)(C)C)C(=O)OC1CCCC1. The molecule has 0 aromatic heterocycles. The van der Waals surface area contributed by atoms with Crippen LogP contribution in [0.5, 0.6) is 0 Å². The molecule has 0 aromatic rings. The van der Waals surface area contributed by atoms with Crippen molar-refractivity contribution in [2.45, 2.75) is 149 Å². The molecule has 9 heteroatoms. The van der Waals surface area contributed by atoms with Gasteiger partial charge in [0.2, 0.25) is 0 Å². The highest BCUT2D eigenvalue weighted by Crippen LogP contribution is 2.37. The lowest BCUT2D eigenvalue weighted by molar-refractivity contribution is -0.162. The van der Waals surface area contributed by atoms with Crippen molar-refractivity contribution in [2.75, 3.05) is 6.61 Å². The normalized spacial score (nSPS) is 17.3. The van der Waals surface area contributed by atoms with Gasteiger partial charge in [0.05, 0.1) is 0 Å². The van der Waals surface area contributed by atoms with E-state index in [2.05, 4.69) is 33.9 Å². The number of hydrogen-bond donors (Lipinski definition) is 0. The zero-order valence-corrected chi connectivity index (χ0v) is 25.8. The summed E-state index contributed by atoms with van der Waals surface area (Å²) in [6, 6.07) is 0. The van der Waals surface area contributed by atoms with Gasteiger partial charge in [-0.1, -0.05) is 20.8 Å². The van der Waals surface area contributed by atoms with E-state index in [1.165, 1.54) is 0 Å². The molecule has 1 aliphatic rings. The van der Waals surface area contributed by atoms with Crippen molar-refractivity contribution in [3.63, 3.8) is 0 Å². The third-order valence-corrected chi connectivity index (χ3v) is 11.3. The average molecular weight is 530 g/mol. The molecule has 0 bridgehead atoms. The molecule has 210 valence electrons. The molecular formula is C27H51NO7Si. The first-order chi connectivity index (χ1) is 16.1. The summed E-state index contributed by atoms with van der Waals surface area (Å²) in [5.74, 6) is -0.626. The van der Waals surface area contributed by atoms with Gasteiger partial charge < -0.3 is 18.6 Å². The van der Waals surface area contributed by atoms with Crippen molar-refractivity contribution in [2.24, 2.45) is 0 Å². The molecule has 0 heterocycles. The van der Waals surface area contributed by atoms with Crippen LogP contribution < -0.4 is 0 Å². The molecule has 0 unspecified atom stereocenters. The first-order valence-electron chi connectivity index (χ1n) is 13.2. The van der Waals surface area contributed by atoms with Gasteiger partial charge in [0.25, 0.3) is 0 Å². The minimum absolute atomic E-state index is 0.0385. The summed E-state index contributed by atoms with van der Waals surface area (Å²) >= 11 is 0. The largest absolute Gasteiger partial charge is 0.461 e. The maximum Gasteiger partial charge on any atom is 0.420 e. The number of rotatable bonds is 8. The van der Waals surface area contributed by atoms with Gasteiger partial charge >= 0.3 is 18.2 Å². The standard InChI is InChI=1S/C27H51NO7Si/c1-24(2,3)34-22(30)28(23(31)35-25(4,5)6)27(10,21(29)33-20-16-13-14-17-20)18-15-19-32-36(11,12)26(7,8)9/h20H,13-19H2,1-12H3/t27-/m0/s1. The highest BCUT2D eigenvalue weighted by molar-refractivity contribution is 6.74. The van der Waals surface area contributed by atoms with E-state index in [9.17, 15) is 14.4 Å². The zero-order valence-electron chi connectivity index (χ0n) is 24.8. The van der Waals surface area contributed by atoms with Crippen LogP contribution in [-0.4, -0.2) is 60.8 Å². The molecular weight excluding hydrogens is 478 g/mol. The van der Waals surface area contributed by atoms with Gasteiger partial charge in [-0.2, -0.15) is 4.90 Å². The van der Waals surface area contributed by atoms with Crippen LogP contribution in [0.25, 0.3) is 0 Å². The lowest BCUT2D eigenvalue weighted by atomic mass is 9.94. The second kappa shape index (κ2) is 11.8. The number of nitrogens with zero attached hydrogens (tertiary/aromatic N) is 1. The summed E-state index contributed by atoms with van der Waals surface area (Å²) in [7, 11) is -2.01. The molecule has 0 aliphatic heterocycles. The van der Waals surface area contributed by atoms with Crippen LogP contribution >= 0.6 is 0 Å². The molecule has 0 radical (unpaired) electrons. The molecule has 0 spiro atoms. The number of amides is 2. The average Bonchev–Trinajstić information content (AvgIpc) is 3.14. The van der Waals surface area contributed by atoms with Crippen molar-refractivity contribution < 1.29 is 33.0 Å². The molecule has 8 nitrogen and oxygen atoms in total. The Labute approximate surface area is 219 Å². The predicted octanol–water partition coefficient (Wildman–Crippen LogP) is 7.21. The predicted molar refractivity (Wildman–Crippen MR) is 143 cm³/mol. The van der Waals surface area contributed by atoms with Crippen molar-refractivity contribution in [1.82, 2.24) is 4.90 Å². The third kappa shape index (κ3) is 9.69. The minimum atomic E-state index is -2.01. The summed E-state index contributed by atoms with van der Waals surface area (Å²) < 4.78 is 23.3. The summed E-state index contributed by atoms with van der Waals surface area (Å²) in [5.41, 5.74) is -3.37. The Morgan fingerprint density at radius 1 is 0.806 bits per heavy atom. The first kappa shape index (κ1) is 32.4. The Hall–Kier alpha value is -1.61. The van der Waals surface area contributed by atoms with E-state index in [1.807, 2.05) is 0 Å². The molecule has 0 saturated heterocycles. The van der Waals surface area contributed by atoms with Crippen LogP contribution in [0.2, 0.25) is 18.1 Å². The van der Waals surface area contributed by atoms with Crippen LogP contribution in [0.1, 0.15) is 108 Å². The smallest absolute Gasteiger partial charge is 0.420 e. The maximum absolute atomic E-state index is 13.6. The third-order valence-electron chi connectivity index (χ3n) is 6.74. The minimum Gasteiger partial charge on any atom is -0.461 e. The van der Waals surface area contributed by atoms with Gasteiger partial charge in [0, 0.05) is 6.61 Å². The van der Waals surface area contributed by atoms with E-state index in [0.717, 1.165) is 30.6 Å². The summed E-state index contributed by atoms with van der Waals surface area (Å²) in [4.78, 5) is 41.2. The van der Waals surface area contributed by atoms with Gasteiger partial charge in [-0.15, -0.1) is 0 Å². The van der Waals surface area contributed by atoms with Crippen molar-refractivity contribution in [1.29, 1.82) is 0 Å². The van der Waals surface area contributed by atoms with Crippen molar-refractivity contribution >= 4 is 26.5 Å². The topological polar surface area (TPSA) is 91.4 Å². The monoisotopic (exact) mass is 529 g/mol. The molecule has 36 heavy (non-hydrogen) atoms. The van der Waals surface area contributed by atoms with Gasteiger partial charge in [-0.05, 0) is 105 Å². The lowest BCUT2D eigenvalue weighted by Gasteiger charge is -2.40. The van der Waals surface area contributed by atoms with Crippen LogP contribution in [0, 0.1) is 0 Å². The molecule has 1 atom stereocenters. The zero-order chi connectivity index (χ0) is 28.2. The second-order valence-corrected chi connectivity index (χ2v) is 18.4. The van der Waals surface area contributed by atoms with Gasteiger partial charge in [-0.25, -0.2) is 14.4 Å². The molecule has 1 fully saturated rings. The van der Waals surface area contributed by atoms with E-state index in [0.29, 0.717) is 13.0 Å². The quantitative estimate of drug-likeness (QED) is 0.142. The number of carbonyl (C=O) groups excluding carboxylic acids is 3. The number of imide groups is 1. The number of carbonyl (C=O) groups is 3. The van der Waals surface area contributed by atoms with Crippen LogP contribution in [0.15, 0.2) is 0 Å². The van der Waals surface area contributed by atoms with Gasteiger partial charge in [-0.3, -0.25) is 0 Å². The Kier molecular flexibility index (Phi) is 10.7.